The van der Waals surface area contributed by atoms with Gasteiger partial charge in [-0.15, -0.1) is 0 Å². The Morgan fingerprint density at radius 1 is 1.43 bits per heavy atom. The molecule has 0 aliphatic rings. The Kier molecular flexibility index (Phi) is 4.32. The molecule has 0 saturated carbocycles. The predicted octanol–water partition coefficient (Wildman–Crippen LogP) is 3.34. The zero-order chi connectivity index (χ0) is 15.6. The number of benzene rings is 1. The van der Waals surface area contributed by atoms with Gasteiger partial charge in [-0.3, -0.25) is 4.79 Å². The number of thiazole rings is 1. The molecule has 110 valence electrons. The van der Waals surface area contributed by atoms with E-state index in [1.165, 1.54) is 19.1 Å². The molecule has 21 heavy (non-hydrogen) atoms. The molecule has 0 spiro atoms. The van der Waals surface area contributed by atoms with E-state index in [1.54, 1.807) is 17.0 Å². The van der Waals surface area contributed by atoms with Crippen LogP contribution in [0, 0.1) is 5.82 Å². The lowest BCUT2D eigenvalue weighted by molar-refractivity contribution is 0.0687. The number of aromatic nitrogens is 1. The third-order valence-electron chi connectivity index (χ3n) is 2.81. The Morgan fingerprint density at radius 3 is 2.62 bits per heavy atom. The Morgan fingerprint density at radius 2 is 2.14 bits per heavy atom. The minimum Gasteiger partial charge on any atom is -0.476 e. The van der Waals surface area contributed by atoms with Gasteiger partial charge in [0, 0.05) is 19.2 Å². The van der Waals surface area contributed by atoms with Crippen LogP contribution in [0.2, 0.25) is 0 Å². The molecule has 7 heteroatoms. The van der Waals surface area contributed by atoms with Crippen molar-refractivity contribution in [3.63, 3.8) is 0 Å². The lowest BCUT2D eigenvalue weighted by atomic mass is 10.3. The van der Waals surface area contributed by atoms with Gasteiger partial charge in [0.2, 0.25) is 0 Å². The summed E-state index contributed by atoms with van der Waals surface area (Å²) in [6.45, 7) is 3.59. The number of carboxylic acids is 1. The van der Waals surface area contributed by atoms with E-state index >= 15 is 0 Å². The van der Waals surface area contributed by atoms with Crippen LogP contribution in [-0.2, 0) is 0 Å². The lowest BCUT2D eigenvalue weighted by Gasteiger charge is -2.19. The van der Waals surface area contributed by atoms with E-state index in [-0.39, 0.29) is 16.4 Å². The molecule has 1 aromatic carbocycles. The fraction of sp³-hybridized carbons (Fsp3) is 0.214. The molecule has 1 N–H and O–H groups in total. The third-order valence-corrected chi connectivity index (χ3v) is 3.98. The molecular formula is C14H13FN2O3S. The number of ketones is 1. The van der Waals surface area contributed by atoms with Crippen molar-refractivity contribution >= 4 is 33.9 Å². The number of carbonyl (C=O) groups is 2. The lowest BCUT2D eigenvalue weighted by Crippen LogP contribution is -2.16. The van der Waals surface area contributed by atoms with Crippen LogP contribution in [-0.4, -0.2) is 28.4 Å². The van der Waals surface area contributed by atoms with Crippen LogP contribution in [0.3, 0.4) is 0 Å². The van der Waals surface area contributed by atoms with Gasteiger partial charge in [-0.05, 0) is 25.1 Å². The highest BCUT2D eigenvalue weighted by atomic mass is 32.1. The quantitative estimate of drug-likeness (QED) is 0.858. The van der Waals surface area contributed by atoms with Crippen LogP contribution in [0.5, 0.6) is 0 Å². The Hall–Kier alpha value is -2.28. The number of anilines is 2. The number of aromatic carboxylic acids is 1. The van der Waals surface area contributed by atoms with Crippen LogP contribution >= 0.6 is 11.3 Å². The summed E-state index contributed by atoms with van der Waals surface area (Å²) in [5, 5.41) is 9.46. The third kappa shape index (κ3) is 3.08. The second-order valence-electron chi connectivity index (χ2n) is 4.26. The van der Waals surface area contributed by atoms with Gasteiger partial charge in [-0.1, -0.05) is 17.4 Å². The predicted molar refractivity (Wildman–Crippen MR) is 78.2 cm³/mol. The zero-order valence-corrected chi connectivity index (χ0v) is 12.3. The van der Waals surface area contributed by atoms with E-state index in [2.05, 4.69) is 4.98 Å². The van der Waals surface area contributed by atoms with Gasteiger partial charge in [0.25, 0.3) is 0 Å². The van der Waals surface area contributed by atoms with Gasteiger partial charge in [-0.2, -0.15) is 0 Å². The standard InChI is InChI=1S/C14H13FN2O3S/c1-3-17(10-6-4-5-9(15)7-10)14-16-11(13(19)20)12(21-14)8(2)18/h4-7H,3H2,1-2H3,(H,19,20). The van der Waals surface area contributed by atoms with Crippen LogP contribution < -0.4 is 4.90 Å². The molecule has 1 aromatic heterocycles. The van der Waals surface area contributed by atoms with Crippen molar-refractivity contribution in [1.82, 2.24) is 4.98 Å². The SMILES string of the molecule is CCN(c1cccc(F)c1)c1nc(C(=O)O)c(C(C)=O)s1. The normalized spacial score (nSPS) is 10.4. The van der Waals surface area contributed by atoms with Gasteiger partial charge in [0.05, 0.1) is 0 Å². The molecule has 0 atom stereocenters. The average molecular weight is 308 g/mol. The van der Waals surface area contributed by atoms with E-state index in [0.29, 0.717) is 17.4 Å². The largest absolute Gasteiger partial charge is 0.476 e. The van der Waals surface area contributed by atoms with Gasteiger partial charge in [-0.25, -0.2) is 14.2 Å². The van der Waals surface area contributed by atoms with E-state index < -0.39 is 11.8 Å². The molecule has 5 nitrogen and oxygen atoms in total. The van der Waals surface area contributed by atoms with Crippen molar-refractivity contribution in [2.75, 3.05) is 11.4 Å². The number of nitrogens with zero attached hydrogens (tertiary/aromatic N) is 2. The molecule has 0 aliphatic heterocycles. The second-order valence-corrected chi connectivity index (χ2v) is 5.24. The van der Waals surface area contributed by atoms with Crippen molar-refractivity contribution in [2.45, 2.75) is 13.8 Å². The molecule has 2 rings (SSSR count). The number of carbonyl (C=O) groups excluding carboxylic acids is 1. The smallest absolute Gasteiger partial charge is 0.356 e. The molecule has 0 bridgehead atoms. The molecular weight excluding hydrogens is 295 g/mol. The maximum absolute atomic E-state index is 13.3. The highest BCUT2D eigenvalue weighted by Gasteiger charge is 2.23. The van der Waals surface area contributed by atoms with Crippen molar-refractivity contribution in [1.29, 1.82) is 0 Å². The molecule has 1 heterocycles. The van der Waals surface area contributed by atoms with Gasteiger partial charge >= 0.3 is 5.97 Å². The van der Waals surface area contributed by atoms with E-state index in [4.69, 9.17) is 5.11 Å². The molecule has 0 aliphatic carbocycles. The minimum atomic E-state index is -1.25. The monoisotopic (exact) mass is 308 g/mol. The first-order chi connectivity index (χ1) is 9.93. The highest BCUT2D eigenvalue weighted by molar-refractivity contribution is 7.17. The van der Waals surface area contributed by atoms with Crippen molar-refractivity contribution in [3.05, 3.63) is 40.7 Å². The Bertz CT molecular complexity index is 668. The first-order valence-corrected chi connectivity index (χ1v) is 7.03. The van der Waals surface area contributed by atoms with Crippen LogP contribution in [0.15, 0.2) is 24.3 Å². The maximum Gasteiger partial charge on any atom is 0.356 e. The number of carboxylic acid groups (broad SMARTS) is 1. The maximum atomic E-state index is 13.3. The molecule has 0 radical (unpaired) electrons. The van der Waals surface area contributed by atoms with Gasteiger partial charge in [0.15, 0.2) is 16.6 Å². The van der Waals surface area contributed by atoms with Crippen molar-refractivity contribution < 1.29 is 19.1 Å². The summed E-state index contributed by atoms with van der Waals surface area (Å²) in [6, 6.07) is 5.91. The summed E-state index contributed by atoms with van der Waals surface area (Å²) >= 11 is 0.991. The molecule has 2 aromatic rings. The summed E-state index contributed by atoms with van der Waals surface area (Å²) in [5.74, 6) is -2.00. The van der Waals surface area contributed by atoms with E-state index in [1.807, 2.05) is 6.92 Å². The summed E-state index contributed by atoms with van der Waals surface area (Å²) in [6.07, 6.45) is 0. The molecule has 0 amide bonds. The fourth-order valence-corrected chi connectivity index (χ4v) is 2.92. The average Bonchev–Trinajstić information content (AvgIpc) is 2.85. The second kappa shape index (κ2) is 6.01. The summed E-state index contributed by atoms with van der Waals surface area (Å²) in [4.78, 5) is 28.4. The molecule has 0 unspecified atom stereocenters. The summed E-state index contributed by atoms with van der Waals surface area (Å²) < 4.78 is 13.3. The van der Waals surface area contributed by atoms with Crippen molar-refractivity contribution in [2.24, 2.45) is 0 Å². The van der Waals surface area contributed by atoms with Crippen LogP contribution in [0.4, 0.5) is 15.2 Å². The fourth-order valence-electron chi connectivity index (χ4n) is 1.88. The Labute approximate surface area is 124 Å². The van der Waals surface area contributed by atoms with E-state index in [9.17, 15) is 14.0 Å². The van der Waals surface area contributed by atoms with Crippen LogP contribution in [0.25, 0.3) is 0 Å². The topological polar surface area (TPSA) is 70.5 Å². The number of halogens is 1. The number of rotatable bonds is 5. The summed E-state index contributed by atoms with van der Waals surface area (Å²) in [5.41, 5.74) is 0.288. The van der Waals surface area contributed by atoms with E-state index in [0.717, 1.165) is 11.3 Å². The molecule has 0 fully saturated rings. The highest BCUT2D eigenvalue weighted by Crippen LogP contribution is 2.32. The van der Waals surface area contributed by atoms with Crippen molar-refractivity contribution in [3.8, 4) is 0 Å². The van der Waals surface area contributed by atoms with Crippen LogP contribution in [0.1, 0.15) is 34.0 Å². The number of hydrogen-bond acceptors (Lipinski definition) is 5. The number of hydrogen-bond donors (Lipinski definition) is 1. The Balaban J connectivity index is 2.50. The number of Topliss-reactive ketones (excluding diaryl/α,β-unsaturated/α-hetero) is 1. The molecule has 0 saturated heterocycles. The first-order valence-electron chi connectivity index (χ1n) is 6.22. The van der Waals surface area contributed by atoms with Gasteiger partial charge < -0.3 is 10.0 Å². The minimum absolute atomic E-state index is 0.0901. The summed E-state index contributed by atoms with van der Waals surface area (Å²) in [7, 11) is 0. The van der Waals surface area contributed by atoms with Gasteiger partial charge in [0.1, 0.15) is 10.7 Å². The first kappa shape index (κ1) is 15.1. The zero-order valence-electron chi connectivity index (χ0n) is 11.5.